The summed E-state index contributed by atoms with van der Waals surface area (Å²) in [7, 11) is 0. The third-order valence-electron chi connectivity index (χ3n) is 2.91. The van der Waals surface area contributed by atoms with Crippen LogP contribution in [-0.2, 0) is 0 Å². The predicted octanol–water partition coefficient (Wildman–Crippen LogP) is 3.27. The number of allylic oxidation sites excluding steroid dienone is 1. The van der Waals surface area contributed by atoms with Gasteiger partial charge in [-0.15, -0.1) is 0 Å². The molecule has 1 N–H and O–H groups in total. The molecule has 1 aliphatic heterocycles. The molecule has 0 aromatic heterocycles. The molecule has 0 fully saturated rings. The Kier molecular flexibility index (Phi) is 3.85. The van der Waals surface area contributed by atoms with Gasteiger partial charge in [-0.3, -0.25) is 0 Å². The van der Waals surface area contributed by atoms with Crippen LogP contribution in [0.1, 0.15) is 12.5 Å². The van der Waals surface area contributed by atoms with Crippen LogP contribution in [0, 0.1) is 22.7 Å². The lowest BCUT2D eigenvalue weighted by atomic mass is 9.95. The number of benzene rings is 1. The van der Waals surface area contributed by atoms with Gasteiger partial charge in [-0.05, 0) is 24.6 Å². The molecule has 0 spiro atoms. The van der Waals surface area contributed by atoms with E-state index in [1.807, 2.05) is 12.1 Å². The molecule has 1 heterocycles. The number of nitrogens with zero attached hydrogens (tertiary/aromatic N) is 2. The monoisotopic (exact) mass is 287 g/mol. The van der Waals surface area contributed by atoms with Gasteiger partial charge in [-0.2, -0.15) is 23.2 Å². The van der Waals surface area contributed by atoms with E-state index < -0.39 is 5.25 Å². The van der Waals surface area contributed by atoms with Gasteiger partial charge in [0.15, 0.2) is 0 Å². The summed E-state index contributed by atoms with van der Waals surface area (Å²) in [5.41, 5.74) is 3.14. The number of dihydropyridines is 1. The smallest absolute Gasteiger partial charge is 0.0984 e. The third kappa shape index (κ3) is 2.46. The number of halogens is 1. The molecule has 19 heavy (non-hydrogen) atoms. The first-order chi connectivity index (χ1) is 9.08. The van der Waals surface area contributed by atoms with Crippen molar-refractivity contribution < 1.29 is 0 Å². The van der Waals surface area contributed by atoms with Crippen molar-refractivity contribution in [3.63, 3.8) is 0 Å². The van der Waals surface area contributed by atoms with Crippen LogP contribution in [0.2, 0.25) is 5.02 Å². The molecule has 0 saturated carbocycles. The predicted molar refractivity (Wildman–Crippen MR) is 78.2 cm³/mol. The highest BCUT2D eigenvalue weighted by atomic mass is 35.5. The van der Waals surface area contributed by atoms with Crippen LogP contribution in [0.3, 0.4) is 0 Å². The summed E-state index contributed by atoms with van der Waals surface area (Å²) in [6.07, 6.45) is 0. The Morgan fingerprint density at radius 1 is 1.16 bits per heavy atom. The van der Waals surface area contributed by atoms with Crippen molar-refractivity contribution in [3.05, 3.63) is 51.7 Å². The van der Waals surface area contributed by atoms with Crippen molar-refractivity contribution >= 4 is 29.9 Å². The molecular weight excluding hydrogens is 278 g/mol. The summed E-state index contributed by atoms with van der Waals surface area (Å²) in [5.74, 6) is 0. The molecule has 1 unspecified atom stereocenters. The Balaban J connectivity index is 2.54. The Labute approximate surface area is 122 Å². The van der Waals surface area contributed by atoms with Gasteiger partial charge in [0.05, 0.1) is 34.2 Å². The highest BCUT2D eigenvalue weighted by Crippen LogP contribution is 2.31. The first kappa shape index (κ1) is 13.5. The van der Waals surface area contributed by atoms with Crippen LogP contribution in [0.5, 0.6) is 0 Å². The van der Waals surface area contributed by atoms with Gasteiger partial charge < -0.3 is 5.32 Å². The highest BCUT2D eigenvalue weighted by molar-refractivity contribution is 7.81. The molecular formula is C14H10ClN3S. The normalized spacial score (nSPS) is 18.7. The van der Waals surface area contributed by atoms with Crippen molar-refractivity contribution in [3.8, 4) is 12.1 Å². The molecule has 0 amide bonds. The average molecular weight is 288 g/mol. The van der Waals surface area contributed by atoms with Gasteiger partial charge in [0.2, 0.25) is 0 Å². The number of thiol groups is 1. The molecule has 1 atom stereocenters. The molecule has 1 aromatic carbocycles. The topological polar surface area (TPSA) is 59.6 Å². The second-order valence-electron chi connectivity index (χ2n) is 4.09. The minimum atomic E-state index is -0.498. The summed E-state index contributed by atoms with van der Waals surface area (Å²) in [6.45, 7) is 1.80. The number of hydrogen-bond acceptors (Lipinski definition) is 4. The largest absolute Gasteiger partial charge is 0.357 e. The van der Waals surface area contributed by atoms with E-state index in [2.05, 4.69) is 30.1 Å². The quantitative estimate of drug-likeness (QED) is 0.779. The van der Waals surface area contributed by atoms with E-state index in [0.29, 0.717) is 27.6 Å². The van der Waals surface area contributed by atoms with E-state index in [1.54, 1.807) is 19.1 Å². The maximum Gasteiger partial charge on any atom is 0.0984 e. The van der Waals surface area contributed by atoms with Crippen LogP contribution < -0.4 is 5.32 Å². The molecule has 0 aliphatic carbocycles. The van der Waals surface area contributed by atoms with Crippen molar-refractivity contribution in [1.29, 1.82) is 10.5 Å². The van der Waals surface area contributed by atoms with E-state index in [1.165, 1.54) is 0 Å². The molecule has 1 aromatic rings. The number of hydrogen-bond donors (Lipinski definition) is 2. The Hall–Kier alpha value is -1.88. The van der Waals surface area contributed by atoms with Gasteiger partial charge in [0.25, 0.3) is 0 Å². The summed E-state index contributed by atoms with van der Waals surface area (Å²) in [6, 6.07) is 11.4. The second-order valence-corrected chi connectivity index (χ2v) is 5.04. The maximum absolute atomic E-state index is 9.29. The van der Waals surface area contributed by atoms with Crippen molar-refractivity contribution in [2.45, 2.75) is 12.2 Å². The Morgan fingerprint density at radius 3 is 2.26 bits per heavy atom. The van der Waals surface area contributed by atoms with Gasteiger partial charge in [0, 0.05) is 10.7 Å². The molecule has 94 valence electrons. The fourth-order valence-corrected chi connectivity index (χ4v) is 2.48. The minimum Gasteiger partial charge on any atom is -0.357 e. The van der Waals surface area contributed by atoms with Crippen LogP contribution >= 0.6 is 24.2 Å². The van der Waals surface area contributed by atoms with Crippen molar-refractivity contribution in [2.24, 2.45) is 0 Å². The van der Waals surface area contributed by atoms with Crippen LogP contribution in [0.4, 0.5) is 0 Å². The lowest BCUT2D eigenvalue weighted by Gasteiger charge is -2.24. The maximum atomic E-state index is 9.29. The van der Waals surface area contributed by atoms with Crippen molar-refractivity contribution in [1.82, 2.24) is 5.32 Å². The molecule has 1 aliphatic rings. The van der Waals surface area contributed by atoms with E-state index in [0.717, 1.165) is 5.56 Å². The summed E-state index contributed by atoms with van der Waals surface area (Å²) in [5, 5.41) is 21.6. The van der Waals surface area contributed by atoms with Gasteiger partial charge >= 0.3 is 0 Å². The number of nitrogens with one attached hydrogen (secondary N) is 1. The highest BCUT2D eigenvalue weighted by Gasteiger charge is 2.26. The standard InChI is InChI=1S/C14H10ClN3S/c1-8-11(6-16)14(19)12(7-17)13(18-8)9-2-4-10(15)5-3-9/h2-5,14,18-19H,1H3. The zero-order valence-electron chi connectivity index (χ0n) is 10.1. The van der Waals surface area contributed by atoms with Crippen molar-refractivity contribution in [2.75, 3.05) is 0 Å². The van der Waals surface area contributed by atoms with Gasteiger partial charge in [0.1, 0.15) is 0 Å². The summed E-state index contributed by atoms with van der Waals surface area (Å²) < 4.78 is 0. The van der Waals surface area contributed by atoms with E-state index in [-0.39, 0.29) is 0 Å². The van der Waals surface area contributed by atoms with Gasteiger partial charge in [-0.1, -0.05) is 23.7 Å². The van der Waals surface area contributed by atoms with Crippen LogP contribution in [-0.4, -0.2) is 5.25 Å². The zero-order chi connectivity index (χ0) is 14.0. The first-order valence-electron chi connectivity index (χ1n) is 5.54. The summed E-state index contributed by atoms with van der Waals surface area (Å²) in [4.78, 5) is 0. The molecule has 3 nitrogen and oxygen atoms in total. The molecule has 0 bridgehead atoms. The molecule has 0 radical (unpaired) electrons. The van der Waals surface area contributed by atoms with Gasteiger partial charge in [-0.25, -0.2) is 0 Å². The molecule has 2 rings (SSSR count). The lowest BCUT2D eigenvalue weighted by molar-refractivity contribution is 0.978. The lowest BCUT2D eigenvalue weighted by Crippen LogP contribution is -2.25. The average Bonchev–Trinajstić information content (AvgIpc) is 2.39. The van der Waals surface area contributed by atoms with E-state index in [4.69, 9.17) is 16.9 Å². The summed E-state index contributed by atoms with van der Waals surface area (Å²) >= 11 is 10.2. The fourth-order valence-electron chi connectivity index (χ4n) is 1.91. The van der Waals surface area contributed by atoms with E-state index in [9.17, 15) is 5.26 Å². The van der Waals surface area contributed by atoms with Crippen LogP contribution in [0.15, 0.2) is 41.1 Å². The Bertz CT molecular complexity index is 659. The van der Waals surface area contributed by atoms with E-state index >= 15 is 0 Å². The Morgan fingerprint density at radius 2 is 1.74 bits per heavy atom. The number of rotatable bonds is 1. The SMILES string of the molecule is CC1=C(C#N)C(S)C(C#N)=C(c2ccc(Cl)cc2)N1. The first-order valence-corrected chi connectivity index (χ1v) is 6.44. The second kappa shape index (κ2) is 5.40. The third-order valence-corrected chi connectivity index (χ3v) is 3.67. The van der Waals surface area contributed by atoms with Crippen LogP contribution in [0.25, 0.3) is 5.70 Å². The number of nitriles is 2. The molecule has 5 heteroatoms. The fraction of sp³-hybridized carbons (Fsp3) is 0.143. The molecule has 0 saturated heterocycles. The minimum absolute atomic E-state index is 0.438. The zero-order valence-corrected chi connectivity index (χ0v) is 11.8.